The van der Waals surface area contributed by atoms with E-state index in [0.29, 0.717) is 0 Å². The number of rotatable bonds is 4. The minimum absolute atomic E-state index is 0.233. The van der Waals surface area contributed by atoms with E-state index < -0.39 is 0 Å². The van der Waals surface area contributed by atoms with Gasteiger partial charge in [-0.05, 0) is 6.92 Å². The van der Waals surface area contributed by atoms with E-state index in [9.17, 15) is 5.11 Å². The van der Waals surface area contributed by atoms with Gasteiger partial charge in [-0.3, -0.25) is 0 Å². The van der Waals surface area contributed by atoms with Gasteiger partial charge in [-0.25, -0.2) is 0 Å². The van der Waals surface area contributed by atoms with Gasteiger partial charge in [-0.15, -0.1) is 22.0 Å². The number of aliphatic hydroxyl groups is 1. The van der Waals surface area contributed by atoms with Gasteiger partial charge in [0.1, 0.15) is 12.2 Å². The first-order valence-electron chi connectivity index (χ1n) is 4.23. The maximum absolute atomic E-state index is 9.26. The molecule has 0 bridgehead atoms. The predicted octanol–water partition coefficient (Wildman–Crippen LogP) is 0.818. The summed E-state index contributed by atoms with van der Waals surface area (Å²) in [6, 6.07) is 0. The molecule has 0 aliphatic carbocycles. The van der Waals surface area contributed by atoms with Gasteiger partial charge in [-0.2, -0.15) is 0 Å². The van der Waals surface area contributed by atoms with Crippen molar-refractivity contribution in [1.82, 2.24) is 14.8 Å². The van der Waals surface area contributed by atoms with E-state index in [4.69, 9.17) is 0 Å². The number of thioether (sulfide) groups is 1. The molecule has 0 amide bonds. The van der Waals surface area contributed by atoms with Crippen molar-refractivity contribution in [2.24, 2.45) is 7.05 Å². The van der Waals surface area contributed by atoms with Crippen LogP contribution in [0.25, 0.3) is 0 Å². The average Bonchev–Trinajstić information content (AvgIpc) is 2.47. The first-order valence-corrected chi connectivity index (χ1v) is 5.28. The van der Waals surface area contributed by atoms with Gasteiger partial charge >= 0.3 is 0 Å². The molecule has 0 saturated heterocycles. The molecule has 0 radical (unpaired) electrons. The molecule has 0 aromatic carbocycles. The third kappa shape index (κ3) is 3.00. The highest BCUT2D eigenvalue weighted by Gasteiger charge is 2.10. The second-order valence-corrected chi connectivity index (χ2v) is 4.48. The summed E-state index contributed by atoms with van der Waals surface area (Å²) in [5.41, 5.74) is 0. The number of hydrogen-bond acceptors (Lipinski definition) is 4. The number of hydrogen-bond donors (Lipinski definition) is 1. The molecule has 2 unspecified atom stereocenters. The Balaban J connectivity index is 2.39. The molecule has 5 heteroatoms. The van der Waals surface area contributed by atoms with Crippen molar-refractivity contribution in [2.75, 3.05) is 0 Å². The summed E-state index contributed by atoms with van der Waals surface area (Å²) in [6.07, 6.45) is 1.40. The van der Waals surface area contributed by atoms with Gasteiger partial charge in [0.05, 0.1) is 11.9 Å². The third-order valence-electron chi connectivity index (χ3n) is 1.96. The summed E-state index contributed by atoms with van der Waals surface area (Å²) < 4.78 is 1.89. The predicted molar refractivity (Wildman–Crippen MR) is 53.4 cm³/mol. The molecule has 1 aromatic rings. The zero-order valence-corrected chi connectivity index (χ0v) is 8.95. The monoisotopic (exact) mass is 201 g/mol. The van der Waals surface area contributed by atoms with E-state index in [0.717, 1.165) is 11.6 Å². The third-order valence-corrected chi connectivity index (χ3v) is 3.30. The van der Waals surface area contributed by atoms with Crippen molar-refractivity contribution in [1.29, 1.82) is 0 Å². The molecule has 4 nitrogen and oxygen atoms in total. The molecule has 1 aromatic heterocycles. The molecule has 0 spiro atoms. The summed E-state index contributed by atoms with van der Waals surface area (Å²) in [7, 11) is 1.92. The number of aliphatic hydroxyl groups excluding tert-OH is 1. The van der Waals surface area contributed by atoms with Gasteiger partial charge < -0.3 is 9.67 Å². The summed E-state index contributed by atoms with van der Waals surface area (Å²) in [5, 5.41) is 17.2. The summed E-state index contributed by atoms with van der Waals surface area (Å²) in [5.74, 6) is 1.74. The van der Waals surface area contributed by atoms with Crippen LogP contribution in [0.5, 0.6) is 0 Å². The number of aryl methyl sites for hydroxylation is 1. The molecular formula is C8H15N3OS. The van der Waals surface area contributed by atoms with E-state index in [1.165, 1.54) is 0 Å². The van der Waals surface area contributed by atoms with E-state index in [-0.39, 0.29) is 11.4 Å². The van der Waals surface area contributed by atoms with Gasteiger partial charge in [0, 0.05) is 12.3 Å². The Morgan fingerprint density at radius 2 is 2.31 bits per heavy atom. The fourth-order valence-electron chi connectivity index (χ4n) is 0.783. The number of aromatic nitrogens is 3. The topological polar surface area (TPSA) is 50.9 Å². The summed E-state index contributed by atoms with van der Waals surface area (Å²) >= 11 is 1.68. The Morgan fingerprint density at radius 1 is 1.62 bits per heavy atom. The highest BCUT2D eigenvalue weighted by atomic mass is 32.2. The van der Waals surface area contributed by atoms with E-state index in [1.54, 1.807) is 25.0 Å². The minimum atomic E-state index is -0.279. The van der Waals surface area contributed by atoms with Crippen molar-refractivity contribution < 1.29 is 5.11 Å². The standard InChI is InChI=1S/C8H15N3OS/c1-6(12)7(2)13-4-8-10-9-5-11(8)3/h5-7,12H,4H2,1-3H3. The van der Waals surface area contributed by atoms with Crippen LogP contribution in [0.1, 0.15) is 19.7 Å². The van der Waals surface area contributed by atoms with Crippen molar-refractivity contribution in [3.05, 3.63) is 12.2 Å². The lowest BCUT2D eigenvalue weighted by molar-refractivity contribution is 0.196. The second-order valence-electron chi connectivity index (χ2n) is 3.11. The van der Waals surface area contributed by atoms with Crippen molar-refractivity contribution in [2.45, 2.75) is 31.0 Å². The highest BCUT2D eigenvalue weighted by molar-refractivity contribution is 7.99. The van der Waals surface area contributed by atoms with Crippen molar-refractivity contribution in [3.8, 4) is 0 Å². The molecule has 0 saturated carbocycles. The Kier molecular flexibility index (Phi) is 3.74. The molecule has 2 atom stereocenters. The van der Waals surface area contributed by atoms with Crippen LogP contribution >= 0.6 is 11.8 Å². The van der Waals surface area contributed by atoms with Crippen LogP contribution in [0.2, 0.25) is 0 Å². The van der Waals surface area contributed by atoms with Crippen molar-refractivity contribution >= 4 is 11.8 Å². The summed E-state index contributed by atoms with van der Waals surface area (Å²) in [6.45, 7) is 3.81. The Morgan fingerprint density at radius 3 is 2.77 bits per heavy atom. The van der Waals surface area contributed by atoms with E-state index >= 15 is 0 Å². The first kappa shape index (κ1) is 10.5. The average molecular weight is 201 g/mol. The smallest absolute Gasteiger partial charge is 0.142 e. The van der Waals surface area contributed by atoms with Crippen LogP contribution < -0.4 is 0 Å². The maximum Gasteiger partial charge on any atom is 0.142 e. The van der Waals surface area contributed by atoms with E-state index in [1.807, 2.05) is 18.5 Å². The zero-order valence-electron chi connectivity index (χ0n) is 8.14. The molecule has 13 heavy (non-hydrogen) atoms. The normalized spacial score (nSPS) is 15.7. The Labute approximate surface area is 82.4 Å². The van der Waals surface area contributed by atoms with Crippen LogP contribution in [0.3, 0.4) is 0 Å². The van der Waals surface area contributed by atoms with Gasteiger partial charge in [0.2, 0.25) is 0 Å². The van der Waals surface area contributed by atoms with Crippen LogP contribution in [0.15, 0.2) is 6.33 Å². The SMILES string of the molecule is CC(O)C(C)SCc1nncn1C. The molecule has 0 fully saturated rings. The summed E-state index contributed by atoms with van der Waals surface area (Å²) in [4.78, 5) is 0. The molecule has 1 rings (SSSR count). The van der Waals surface area contributed by atoms with Gasteiger partial charge in [-0.1, -0.05) is 6.92 Å². The lowest BCUT2D eigenvalue weighted by Crippen LogP contribution is -2.15. The fraction of sp³-hybridized carbons (Fsp3) is 0.750. The van der Waals surface area contributed by atoms with Crippen LogP contribution in [-0.4, -0.2) is 31.2 Å². The molecule has 1 N–H and O–H groups in total. The molecule has 0 aliphatic rings. The molecule has 1 heterocycles. The van der Waals surface area contributed by atoms with Crippen LogP contribution in [0, 0.1) is 0 Å². The van der Waals surface area contributed by atoms with Gasteiger partial charge in [0.15, 0.2) is 0 Å². The van der Waals surface area contributed by atoms with Gasteiger partial charge in [0.25, 0.3) is 0 Å². The highest BCUT2D eigenvalue weighted by Crippen LogP contribution is 2.18. The Bertz CT molecular complexity index is 262. The molecule has 74 valence electrons. The van der Waals surface area contributed by atoms with Crippen molar-refractivity contribution in [3.63, 3.8) is 0 Å². The fourth-order valence-corrected chi connectivity index (χ4v) is 1.73. The molecule has 0 aliphatic heterocycles. The first-order chi connectivity index (χ1) is 6.11. The molecular weight excluding hydrogens is 186 g/mol. The number of nitrogens with zero attached hydrogens (tertiary/aromatic N) is 3. The van der Waals surface area contributed by atoms with Crippen LogP contribution in [-0.2, 0) is 12.8 Å². The second kappa shape index (κ2) is 4.62. The minimum Gasteiger partial charge on any atom is -0.392 e. The van der Waals surface area contributed by atoms with E-state index in [2.05, 4.69) is 10.2 Å². The van der Waals surface area contributed by atoms with Crippen LogP contribution in [0.4, 0.5) is 0 Å². The Hall–Kier alpha value is -0.550. The largest absolute Gasteiger partial charge is 0.392 e. The maximum atomic E-state index is 9.26. The lowest BCUT2D eigenvalue weighted by atomic mass is 10.3. The lowest BCUT2D eigenvalue weighted by Gasteiger charge is -2.13. The zero-order chi connectivity index (χ0) is 9.84. The quantitative estimate of drug-likeness (QED) is 0.783.